The second-order valence-corrected chi connectivity index (χ2v) is 4.26. The van der Waals surface area contributed by atoms with Gasteiger partial charge in [0, 0.05) is 12.2 Å². The van der Waals surface area contributed by atoms with Crippen molar-refractivity contribution in [3.63, 3.8) is 0 Å². The van der Waals surface area contributed by atoms with Crippen molar-refractivity contribution in [2.45, 2.75) is 26.2 Å². The molecule has 0 spiro atoms. The summed E-state index contributed by atoms with van der Waals surface area (Å²) >= 11 is 0. The van der Waals surface area contributed by atoms with Crippen LogP contribution in [0.3, 0.4) is 0 Å². The highest BCUT2D eigenvalue weighted by molar-refractivity contribution is 5.56. The molecule has 21 heavy (non-hydrogen) atoms. The van der Waals surface area contributed by atoms with Crippen molar-refractivity contribution < 1.29 is 13.2 Å². The fraction of sp³-hybridized carbons (Fsp3) is 0.308. The molecule has 0 aliphatic carbocycles. The minimum Gasteiger partial charge on any atom is -0.377 e. The van der Waals surface area contributed by atoms with Gasteiger partial charge in [-0.3, -0.25) is 0 Å². The van der Waals surface area contributed by atoms with Gasteiger partial charge in [0.15, 0.2) is 5.82 Å². The highest BCUT2D eigenvalue weighted by atomic mass is 19.4. The molecule has 0 saturated heterocycles. The Morgan fingerprint density at radius 3 is 2.76 bits per heavy atom. The van der Waals surface area contributed by atoms with Crippen LogP contribution in [0.4, 0.5) is 18.9 Å². The Kier molecular flexibility index (Phi) is 4.12. The Morgan fingerprint density at radius 2 is 2.14 bits per heavy atom. The Hall–Kier alpha value is -2.56. The third-order valence-electron chi connectivity index (χ3n) is 2.93. The minimum atomic E-state index is -4.49. The summed E-state index contributed by atoms with van der Waals surface area (Å²) in [6, 6.07) is 5.03. The molecule has 2 aromatic rings. The Bertz CT molecular complexity index is 669. The SMILES string of the molecule is CCn1cnnc1CNc1cc(C#N)ccc1C(F)(F)F. The normalized spacial score (nSPS) is 11.2. The van der Waals surface area contributed by atoms with E-state index < -0.39 is 11.7 Å². The molecule has 8 heteroatoms. The number of nitrogens with one attached hydrogen (secondary N) is 1. The number of anilines is 1. The van der Waals surface area contributed by atoms with E-state index in [1.807, 2.05) is 13.0 Å². The van der Waals surface area contributed by atoms with E-state index >= 15 is 0 Å². The van der Waals surface area contributed by atoms with Crippen LogP contribution in [0.1, 0.15) is 23.9 Å². The Labute approximate surface area is 119 Å². The van der Waals surface area contributed by atoms with Crippen LogP contribution < -0.4 is 5.32 Å². The molecule has 2 rings (SSSR count). The number of nitrogens with zero attached hydrogens (tertiary/aromatic N) is 4. The second-order valence-electron chi connectivity index (χ2n) is 4.26. The zero-order chi connectivity index (χ0) is 15.5. The average molecular weight is 295 g/mol. The van der Waals surface area contributed by atoms with Gasteiger partial charge >= 0.3 is 6.18 Å². The van der Waals surface area contributed by atoms with Gasteiger partial charge < -0.3 is 9.88 Å². The van der Waals surface area contributed by atoms with Gasteiger partial charge in [-0.25, -0.2) is 0 Å². The van der Waals surface area contributed by atoms with Crippen LogP contribution in [0.5, 0.6) is 0 Å². The monoisotopic (exact) mass is 295 g/mol. The summed E-state index contributed by atoms with van der Waals surface area (Å²) < 4.78 is 40.5. The summed E-state index contributed by atoms with van der Waals surface area (Å²) in [6.45, 7) is 2.59. The fourth-order valence-electron chi connectivity index (χ4n) is 1.86. The maximum Gasteiger partial charge on any atom is 0.418 e. The Balaban J connectivity index is 2.28. The third kappa shape index (κ3) is 3.31. The van der Waals surface area contributed by atoms with Crippen molar-refractivity contribution in [3.05, 3.63) is 41.5 Å². The van der Waals surface area contributed by atoms with Crippen LogP contribution in [-0.4, -0.2) is 14.8 Å². The van der Waals surface area contributed by atoms with Crippen molar-refractivity contribution in [1.82, 2.24) is 14.8 Å². The summed E-state index contributed by atoms with van der Waals surface area (Å²) in [7, 11) is 0. The lowest BCUT2D eigenvalue weighted by Gasteiger charge is -2.14. The van der Waals surface area contributed by atoms with Crippen molar-refractivity contribution in [3.8, 4) is 6.07 Å². The van der Waals surface area contributed by atoms with E-state index in [1.54, 1.807) is 4.57 Å². The molecule has 1 N–H and O–H groups in total. The van der Waals surface area contributed by atoms with Crippen LogP contribution in [0.25, 0.3) is 0 Å². The van der Waals surface area contributed by atoms with Gasteiger partial charge in [-0.1, -0.05) is 0 Å². The van der Waals surface area contributed by atoms with E-state index in [2.05, 4.69) is 15.5 Å². The largest absolute Gasteiger partial charge is 0.418 e. The van der Waals surface area contributed by atoms with E-state index in [9.17, 15) is 13.2 Å². The number of rotatable bonds is 4. The molecule has 0 aliphatic rings. The summed E-state index contributed by atoms with van der Waals surface area (Å²) in [5.41, 5.74) is -0.807. The van der Waals surface area contributed by atoms with Gasteiger partial charge in [-0.2, -0.15) is 18.4 Å². The summed E-state index contributed by atoms with van der Waals surface area (Å²) in [5, 5.41) is 19.0. The quantitative estimate of drug-likeness (QED) is 0.942. The number of aryl methyl sites for hydroxylation is 1. The second kappa shape index (κ2) is 5.83. The molecule has 1 heterocycles. The zero-order valence-electron chi connectivity index (χ0n) is 11.1. The van der Waals surface area contributed by atoms with Crippen LogP contribution in [0.2, 0.25) is 0 Å². The van der Waals surface area contributed by atoms with Gasteiger partial charge in [-0.05, 0) is 25.1 Å². The maximum absolute atomic E-state index is 12.9. The first-order chi connectivity index (χ1) is 9.95. The molecule has 0 saturated carbocycles. The van der Waals surface area contributed by atoms with Crippen LogP contribution >= 0.6 is 0 Å². The Morgan fingerprint density at radius 1 is 1.38 bits per heavy atom. The van der Waals surface area contributed by atoms with E-state index in [1.165, 1.54) is 12.4 Å². The van der Waals surface area contributed by atoms with Gasteiger partial charge in [-0.15, -0.1) is 10.2 Å². The van der Waals surface area contributed by atoms with Crippen LogP contribution in [0, 0.1) is 11.3 Å². The molecule has 0 atom stereocenters. The lowest BCUT2D eigenvalue weighted by Crippen LogP contribution is -2.13. The van der Waals surface area contributed by atoms with Crippen LogP contribution in [0.15, 0.2) is 24.5 Å². The lowest BCUT2D eigenvalue weighted by atomic mass is 10.1. The molecule has 5 nitrogen and oxygen atoms in total. The fourth-order valence-corrected chi connectivity index (χ4v) is 1.86. The smallest absolute Gasteiger partial charge is 0.377 e. The number of alkyl halides is 3. The van der Waals surface area contributed by atoms with Crippen molar-refractivity contribution in [2.75, 3.05) is 5.32 Å². The summed E-state index contributed by atoms with van der Waals surface area (Å²) in [5.74, 6) is 0.521. The molecule has 1 aromatic heterocycles. The molecule has 0 unspecified atom stereocenters. The summed E-state index contributed by atoms with van der Waals surface area (Å²) in [6.07, 6.45) is -2.98. The molecule has 0 fully saturated rings. The first-order valence-electron chi connectivity index (χ1n) is 6.17. The standard InChI is InChI=1S/C13H12F3N5/c1-2-21-8-19-20-12(21)7-18-11-5-9(6-17)3-4-10(11)13(14,15)16/h3-5,8,18H,2,7H2,1H3. The highest BCUT2D eigenvalue weighted by Crippen LogP contribution is 2.35. The molecule has 0 amide bonds. The maximum atomic E-state index is 12.9. The van der Waals surface area contributed by atoms with Gasteiger partial charge in [0.25, 0.3) is 0 Å². The molecular weight excluding hydrogens is 283 g/mol. The topological polar surface area (TPSA) is 66.5 Å². The zero-order valence-corrected chi connectivity index (χ0v) is 11.1. The van der Waals surface area contributed by atoms with Crippen molar-refractivity contribution in [1.29, 1.82) is 5.26 Å². The number of halogens is 3. The first kappa shape index (κ1) is 14.8. The number of hydrogen-bond acceptors (Lipinski definition) is 4. The van der Waals surface area contributed by atoms with Gasteiger partial charge in [0.1, 0.15) is 6.33 Å². The lowest BCUT2D eigenvalue weighted by molar-refractivity contribution is -0.137. The minimum absolute atomic E-state index is 0.0891. The van der Waals surface area contributed by atoms with E-state index in [4.69, 9.17) is 5.26 Å². The molecule has 110 valence electrons. The van der Waals surface area contributed by atoms with Crippen molar-refractivity contribution in [2.24, 2.45) is 0 Å². The predicted octanol–water partition coefficient (Wildman–Crippen LogP) is 2.80. The number of hydrogen-bond donors (Lipinski definition) is 1. The summed E-state index contributed by atoms with van der Waals surface area (Å²) in [4.78, 5) is 0. The van der Waals surface area contributed by atoms with Gasteiger partial charge in [0.05, 0.1) is 23.7 Å². The number of benzene rings is 1. The molecule has 0 radical (unpaired) electrons. The molecule has 0 aliphatic heterocycles. The molecule has 1 aromatic carbocycles. The van der Waals surface area contributed by atoms with E-state index in [0.29, 0.717) is 12.4 Å². The van der Waals surface area contributed by atoms with E-state index in [-0.39, 0.29) is 17.8 Å². The van der Waals surface area contributed by atoms with Crippen LogP contribution in [-0.2, 0) is 19.3 Å². The predicted molar refractivity (Wildman–Crippen MR) is 69.2 cm³/mol. The third-order valence-corrected chi connectivity index (χ3v) is 2.93. The van der Waals surface area contributed by atoms with Gasteiger partial charge in [0.2, 0.25) is 0 Å². The number of nitriles is 1. The molecule has 0 bridgehead atoms. The highest BCUT2D eigenvalue weighted by Gasteiger charge is 2.33. The first-order valence-corrected chi connectivity index (χ1v) is 6.17. The van der Waals surface area contributed by atoms with Crippen molar-refractivity contribution >= 4 is 5.69 Å². The average Bonchev–Trinajstić information content (AvgIpc) is 2.91. The number of aromatic nitrogens is 3. The van der Waals surface area contributed by atoms with E-state index in [0.717, 1.165) is 12.1 Å². The molecular formula is C13H12F3N5.